The Morgan fingerprint density at radius 1 is 0.929 bits per heavy atom. The summed E-state index contributed by atoms with van der Waals surface area (Å²) in [7, 11) is 0. The van der Waals surface area contributed by atoms with Crippen LogP contribution in [0.4, 0.5) is 0 Å². The fourth-order valence-corrected chi connectivity index (χ4v) is 4.03. The smallest absolute Gasteiger partial charge is 0.0157 e. The second-order valence-electron chi connectivity index (χ2n) is 6.26. The highest BCUT2D eigenvalue weighted by molar-refractivity contribution is 5.15. The largest absolute Gasteiger partial charge is 0.327 e. The molecule has 0 aromatic carbocycles. The molecule has 2 saturated carbocycles. The van der Waals surface area contributed by atoms with Crippen LogP contribution >= 0.6 is 0 Å². The van der Waals surface area contributed by atoms with Gasteiger partial charge in [0, 0.05) is 6.04 Å². The molecule has 2 rings (SSSR count). The van der Waals surface area contributed by atoms with E-state index in [4.69, 9.17) is 5.73 Å². The fourth-order valence-electron chi connectivity index (χ4n) is 4.03. The van der Waals surface area contributed by atoms with E-state index in [9.17, 15) is 0 Å². The van der Waals surface area contributed by atoms with Crippen LogP contribution in [0.1, 0.15) is 53.4 Å². The summed E-state index contributed by atoms with van der Waals surface area (Å²) in [5.41, 5.74) is 7.56. The van der Waals surface area contributed by atoms with Crippen LogP contribution < -0.4 is 5.73 Å². The Labute approximate surface area is 88.4 Å². The highest BCUT2D eigenvalue weighted by Gasteiger charge is 2.62. The number of rotatable bonds is 2. The molecule has 0 amide bonds. The van der Waals surface area contributed by atoms with Crippen molar-refractivity contribution < 1.29 is 0 Å². The van der Waals surface area contributed by atoms with E-state index < -0.39 is 0 Å². The molecule has 0 unspecified atom stereocenters. The Kier molecular flexibility index (Phi) is 2.23. The van der Waals surface area contributed by atoms with Crippen molar-refractivity contribution in [2.75, 3.05) is 0 Å². The van der Waals surface area contributed by atoms with Gasteiger partial charge in [0.05, 0.1) is 0 Å². The number of hydrogen-bond acceptors (Lipinski definition) is 1. The molecule has 0 bridgehead atoms. The summed E-state index contributed by atoms with van der Waals surface area (Å²) in [4.78, 5) is 0. The molecule has 2 fully saturated rings. The molecule has 1 heteroatoms. The van der Waals surface area contributed by atoms with Gasteiger partial charge in [-0.3, -0.25) is 0 Å². The summed E-state index contributed by atoms with van der Waals surface area (Å²) in [5.74, 6) is 1.47. The molecule has 82 valence electrons. The molecule has 0 heterocycles. The van der Waals surface area contributed by atoms with Gasteiger partial charge in [-0.15, -0.1) is 0 Å². The molecule has 2 N–H and O–H groups in total. The van der Waals surface area contributed by atoms with Gasteiger partial charge in [0.2, 0.25) is 0 Å². The number of hydrogen-bond donors (Lipinski definition) is 1. The van der Waals surface area contributed by atoms with Crippen LogP contribution in [0.2, 0.25) is 0 Å². The third-order valence-corrected chi connectivity index (χ3v) is 5.34. The van der Waals surface area contributed by atoms with Crippen LogP contribution in [0.15, 0.2) is 0 Å². The third-order valence-electron chi connectivity index (χ3n) is 5.34. The van der Waals surface area contributed by atoms with Crippen molar-refractivity contribution in [2.24, 2.45) is 28.4 Å². The standard InChI is InChI=1S/C13H25N/c1-9(2)13(10(3)4)8-7-12(5-6-12)11(13)14/h9-11H,5-8,14H2,1-4H3/t11-/m1/s1. The summed E-state index contributed by atoms with van der Waals surface area (Å²) >= 11 is 0. The van der Waals surface area contributed by atoms with Gasteiger partial charge in [-0.05, 0) is 48.3 Å². The molecule has 14 heavy (non-hydrogen) atoms. The fraction of sp³-hybridized carbons (Fsp3) is 1.00. The van der Waals surface area contributed by atoms with E-state index in [0.717, 1.165) is 11.8 Å². The van der Waals surface area contributed by atoms with Crippen molar-refractivity contribution in [3.8, 4) is 0 Å². The zero-order valence-corrected chi connectivity index (χ0v) is 10.1. The normalized spacial score (nSPS) is 33.2. The maximum absolute atomic E-state index is 6.56. The van der Waals surface area contributed by atoms with E-state index in [1.807, 2.05) is 0 Å². The van der Waals surface area contributed by atoms with Crippen LogP contribution in [0.3, 0.4) is 0 Å². The van der Waals surface area contributed by atoms with Crippen molar-refractivity contribution in [3.63, 3.8) is 0 Å². The minimum atomic E-state index is 0.427. The van der Waals surface area contributed by atoms with Gasteiger partial charge < -0.3 is 5.73 Å². The Bertz CT molecular complexity index is 217. The topological polar surface area (TPSA) is 26.0 Å². The zero-order chi connectivity index (χ0) is 10.6. The van der Waals surface area contributed by atoms with Crippen molar-refractivity contribution in [3.05, 3.63) is 0 Å². The van der Waals surface area contributed by atoms with Gasteiger partial charge >= 0.3 is 0 Å². The van der Waals surface area contributed by atoms with Crippen molar-refractivity contribution in [1.29, 1.82) is 0 Å². The second kappa shape index (κ2) is 2.98. The van der Waals surface area contributed by atoms with E-state index >= 15 is 0 Å². The average molecular weight is 195 g/mol. The van der Waals surface area contributed by atoms with Gasteiger partial charge in [-0.1, -0.05) is 27.7 Å². The van der Waals surface area contributed by atoms with Gasteiger partial charge in [0.25, 0.3) is 0 Å². The van der Waals surface area contributed by atoms with E-state index in [2.05, 4.69) is 27.7 Å². The first-order valence-corrected chi connectivity index (χ1v) is 6.21. The molecule has 0 radical (unpaired) electrons. The molecule has 2 aliphatic rings. The Hall–Kier alpha value is -0.0400. The SMILES string of the molecule is CC(C)C1(C(C)C)CCC2(CC2)[C@H]1N. The van der Waals surface area contributed by atoms with Gasteiger partial charge in [0.15, 0.2) is 0 Å². The van der Waals surface area contributed by atoms with Crippen molar-refractivity contribution in [2.45, 2.75) is 59.4 Å². The quantitative estimate of drug-likeness (QED) is 0.719. The monoisotopic (exact) mass is 195 g/mol. The molecule has 0 aliphatic heterocycles. The molecular weight excluding hydrogens is 170 g/mol. The van der Waals surface area contributed by atoms with Crippen molar-refractivity contribution in [1.82, 2.24) is 0 Å². The van der Waals surface area contributed by atoms with Crippen LogP contribution in [0.25, 0.3) is 0 Å². The third kappa shape index (κ3) is 1.11. The minimum Gasteiger partial charge on any atom is -0.327 e. The summed E-state index contributed by atoms with van der Waals surface area (Å²) in [6.45, 7) is 9.45. The average Bonchev–Trinajstić information content (AvgIpc) is 2.78. The predicted octanol–water partition coefficient (Wildman–Crippen LogP) is 3.19. The zero-order valence-electron chi connectivity index (χ0n) is 10.1. The second-order valence-corrected chi connectivity index (χ2v) is 6.26. The van der Waals surface area contributed by atoms with E-state index in [1.54, 1.807) is 0 Å². The molecule has 1 spiro atoms. The van der Waals surface area contributed by atoms with Crippen LogP contribution in [-0.2, 0) is 0 Å². The molecule has 0 aromatic rings. The first kappa shape index (κ1) is 10.5. The van der Waals surface area contributed by atoms with E-state index in [1.165, 1.54) is 25.7 Å². The lowest BCUT2D eigenvalue weighted by Gasteiger charge is -2.43. The molecule has 1 atom stereocenters. The molecule has 1 nitrogen and oxygen atoms in total. The van der Waals surface area contributed by atoms with Crippen LogP contribution in [0.5, 0.6) is 0 Å². The van der Waals surface area contributed by atoms with E-state index in [0.29, 0.717) is 16.9 Å². The van der Waals surface area contributed by atoms with Crippen molar-refractivity contribution >= 4 is 0 Å². The molecule has 0 aromatic heterocycles. The highest BCUT2D eigenvalue weighted by Crippen LogP contribution is 2.66. The lowest BCUT2D eigenvalue weighted by Crippen LogP contribution is -2.48. The first-order valence-electron chi connectivity index (χ1n) is 6.21. The Balaban J connectivity index is 2.28. The van der Waals surface area contributed by atoms with Gasteiger partial charge in [0.1, 0.15) is 0 Å². The maximum atomic E-state index is 6.56. The summed E-state index contributed by atoms with van der Waals surface area (Å²) in [6, 6.07) is 0.468. The highest BCUT2D eigenvalue weighted by atomic mass is 14.8. The maximum Gasteiger partial charge on any atom is 0.0157 e. The van der Waals surface area contributed by atoms with E-state index in [-0.39, 0.29) is 0 Å². The number of nitrogens with two attached hydrogens (primary N) is 1. The lowest BCUT2D eigenvalue weighted by molar-refractivity contribution is 0.0859. The van der Waals surface area contributed by atoms with Crippen LogP contribution in [0, 0.1) is 22.7 Å². The predicted molar refractivity (Wildman–Crippen MR) is 61.0 cm³/mol. The summed E-state index contributed by atoms with van der Waals surface area (Å²) in [5, 5.41) is 0. The lowest BCUT2D eigenvalue weighted by atomic mass is 9.64. The molecule has 2 aliphatic carbocycles. The van der Waals surface area contributed by atoms with Gasteiger partial charge in [-0.2, -0.15) is 0 Å². The van der Waals surface area contributed by atoms with Crippen LogP contribution in [-0.4, -0.2) is 6.04 Å². The molecular formula is C13H25N. The first-order chi connectivity index (χ1) is 6.46. The Morgan fingerprint density at radius 2 is 1.36 bits per heavy atom. The Morgan fingerprint density at radius 3 is 1.57 bits per heavy atom. The minimum absolute atomic E-state index is 0.427. The molecule has 0 saturated heterocycles. The van der Waals surface area contributed by atoms with Gasteiger partial charge in [-0.25, -0.2) is 0 Å². The summed E-state index contributed by atoms with van der Waals surface area (Å²) in [6.07, 6.45) is 5.55. The summed E-state index contributed by atoms with van der Waals surface area (Å²) < 4.78 is 0.